The molecule has 0 aromatic heterocycles. The van der Waals surface area contributed by atoms with E-state index in [2.05, 4.69) is 62.6 Å². The molecule has 0 saturated heterocycles. The molecule has 0 aliphatic heterocycles. The van der Waals surface area contributed by atoms with Crippen molar-refractivity contribution >= 4 is 21.4 Å². The van der Waals surface area contributed by atoms with Gasteiger partial charge < -0.3 is 10.6 Å². The first kappa shape index (κ1) is 24.1. The van der Waals surface area contributed by atoms with Crippen LogP contribution in [0.5, 0.6) is 0 Å². The standard InChI is InChI=1S/C24H34N2O3S/c1-16(2)13-19-8-10-20(11-9-19)24(17(3)4)25-15-23(27)26-22-14-21(30(6,28)29)12-7-18(22)5/h7-12,14,16-17,24-25H,13,15H2,1-6H3,(H,26,27)/t24-/m0/s1. The van der Waals surface area contributed by atoms with Gasteiger partial charge in [0.25, 0.3) is 0 Å². The third-order valence-corrected chi connectivity index (χ3v) is 6.15. The lowest BCUT2D eigenvalue weighted by Gasteiger charge is -2.23. The van der Waals surface area contributed by atoms with Crippen LogP contribution in [0.3, 0.4) is 0 Å². The summed E-state index contributed by atoms with van der Waals surface area (Å²) in [6, 6.07) is 13.4. The maximum atomic E-state index is 12.5. The summed E-state index contributed by atoms with van der Waals surface area (Å²) in [5.41, 5.74) is 3.80. The van der Waals surface area contributed by atoms with E-state index in [0.29, 0.717) is 17.5 Å². The average Bonchev–Trinajstić information content (AvgIpc) is 2.63. The number of nitrogens with one attached hydrogen (secondary N) is 2. The quantitative estimate of drug-likeness (QED) is 0.613. The highest BCUT2D eigenvalue weighted by atomic mass is 32.2. The number of carbonyl (C=O) groups is 1. The molecule has 0 spiro atoms. The first-order chi connectivity index (χ1) is 14.0. The van der Waals surface area contributed by atoms with Crippen LogP contribution >= 0.6 is 0 Å². The minimum absolute atomic E-state index is 0.0484. The van der Waals surface area contributed by atoms with E-state index in [1.54, 1.807) is 12.1 Å². The predicted molar refractivity (Wildman–Crippen MR) is 123 cm³/mol. The molecule has 0 bridgehead atoms. The van der Waals surface area contributed by atoms with Gasteiger partial charge in [0.05, 0.1) is 11.4 Å². The van der Waals surface area contributed by atoms with E-state index in [-0.39, 0.29) is 23.4 Å². The van der Waals surface area contributed by atoms with Gasteiger partial charge in [-0.1, -0.05) is 58.0 Å². The molecule has 0 saturated carbocycles. The SMILES string of the molecule is Cc1ccc(S(C)(=O)=O)cc1NC(=O)CN[C@H](c1ccc(CC(C)C)cc1)C(C)C. The number of anilines is 1. The Kier molecular flexibility index (Phi) is 8.21. The van der Waals surface area contributed by atoms with Crippen molar-refractivity contribution in [2.75, 3.05) is 18.1 Å². The van der Waals surface area contributed by atoms with Crippen LogP contribution < -0.4 is 10.6 Å². The second kappa shape index (κ2) is 10.2. The Bertz CT molecular complexity index is 964. The molecule has 0 aliphatic carbocycles. The Labute approximate surface area is 181 Å². The Balaban J connectivity index is 2.06. The zero-order chi connectivity index (χ0) is 22.5. The molecule has 164 valence electrons. The summed E-state index contributed by atoms with van der Waals surface area (Å²) < 4.78 is 23.6. The van der Waals surface area contributed by atoms with Crippen LogP contribution in [0.2, 0.25) is 0 Å². The van der Waals surface area contributed by atoms with Gasteiger partial charge in [0.15, 0.2) is 9.84 Å². The number of hydrogen-bond donors (Lipinski definition) is 2. The zero-order valence-corrected chi connectivity index (χ0v) is 19.6. The van der Waals surface area contributed by atoms with Crippen molar-refractivity contribution in [3.05, 3.63) is 59.2 Å². The van der Waals surface area contributed by atoms with Crippen molar-refractivity contribution in [1.29, 1.82) is 0 Å². The highest BCUT2D eigenvalue weighted by Gasteiger charge is 2.17. The summed E-state index contributed by atoms with van der Waals surface area (Å²) in [7, 11) is -3.33. The van der Waals surface area contributed by atoms with Crippen LogP contribution in [-0.2, 0) is 21.1 Å². The van der Waals surface area contributed by atoms with Crippen molar-refractivity contribution in [1.82, 2.24) is 5.32 Å². The van der Waals surface area contributed by atoms with Gasteiger partial charge in [-0.15, -0.1) is 0 Å². The zero-order valence-electron chi connectivity index (χ0n) is 18.8. The van der Waals surface area contributed by atoms with Gasteiger partial charge in [-0.25, -0.2) is 8.42 Å². The molecule has 30 heavy (non-hydrogen) atoms. The van der Waals surface area contributed by atoms with Gasteiger partial charge in [0.2, 0.25) is 5.91 Å². The monoisotopic (exact) mass is 430 g/mol. The summed E-state index contributed by atoms with van der Waals surface area (Å²) in [6.07, 6.45) is 2.21. The summed E-state index contributed by atoms with van der Waals surface area (Å²) in [4.78, 5) is 12.7. The van der Waals surface area contributed by atoms with E-state index in [1.165, 1.54) is 11.6 Å². The molecule has 6 heteroatoms. The third kappa shape index (κ3) is 6.96. The van der Waals surface area contributed by atoms with Crippen molar-refractivity contribution in [3.8, 4) is 0 Å². The third-order valence-electron chi connectivity index (χ3n) is 5.04. The molecule has 0 radical (unpaired) electrons. The lowest BCUT2D eigenvalue weighted by Crippen LogP contribution is -2.33. The second-order valence-electron chi connectivity index (χ2n) is 8.74. The highest BCUT2D eigenvalue weighted by Crippen LogP contribution is 2.23. The summed E-state index contributed by atoms with van der Waals surface area (Å²) in [5.74, 6) is 0.720. The van der Waals surface area contributed by atoms with E-state index in [0.717, 1.165) is 23.8 Å². The summed E-state index contributed by atoms with van der Waals surface area (Å²) in [5, 5.41) is 6.18. The predicted octanol–water partition coefficient (Wildman–Crippen LogP) is 4.52. The lowest BCUT2D eigenvalue weighted by molar-refractivity contribution is -0.115. The van der Waals surface area contributed by atoms with Gasteiger partial charge in [0, 0.05) is 18.0 Å². The average molecular weight is 431 g/mol. The fourth-order valence-corrected chi connectivity index (χ4v) is 4.08. The first-order valence-corrected chi connectivity index (χ1v) is 12.3. The van der Waals surface area contributed by atoms with Gasteiger partial charge in [-0.2, -0.15) is 0 Å². The Hall–Kier alpha value is -2.18. The van der Waals surface area contributed by atoms with Crippen LogP contribution in [0, 0.1) is 18.8 Å². The molecule has 1 amide bonds. The minimum atomic E-state index is -3.33. The normalized spacial score (nSPS) is 12.9. The fraction of sp³-hybridized carbons (Fsp3) is 0.458. The van der Waals surface area contributed by atoms with Crippen LogP contribution in [-0.4, -0.2) is 27.1 Å². The van der Waals surface area contributed by atoms with Crippen LogP contribution in [0.15, 0.2) is 47.4 Å². The highest BCUT2D eigenvalue weighted by molar-refractivity contribution is 7.90. The Morgan fingerprint density at radius 3 is 2.17 bits per heavy atom. The largest absolute Gasteiger partial charge is 0.325 e. The number of rotatable bonds is 9. The van der Waals surface area contributed by atoms with Crippen LogP contribution in [0.25, 0.3) is 0 Å². The molecule has 2 aromatic carbocycles. The number of carbonyl (C=O) groups excluding carboxylic acids is 1. The molecule has 1 atom stereocenters. The molecule has 2 N–H and O–H groups in total. The first-order valence-electron chi connectivity index (χ1n) is 10.4. The molecule has 0 unspecified atom stereocenters. The Morgan fingerprint density at radius 2 is 1.63 bits per heavy atom. The number of benzene rings is 2. The van der Waals surface area contributed by atoms with Crippen molar-refractivity contribution in [2.24, 2.45) is 11.8 Å². The molecule has 5 nitrogen and oxygen atoms in total. The Morgan fingerprint density at radius 1 is 1.00 bits per heavy atom. The summed E-state index contributed by atoms with van der Waals surface area (Å²) >= 11 is 0. The maximum absolute atomic E-state index is 12.5. The maximum Gasteiger partial charge on any atom is 0.238 e. The topological polar surface area (TPSA) is 75.3 Å². The number of hydrogen-bond acceptors (Lipinski definition) is 4. The fourth-order valence-electron chi connectivity index (χ4n) is 3.43. The van der Waals surface area contributed by atoms with Crippen molar-refractivity contribution < 1.29 is 13.2 Å². The van der Waals surface area contributed by atoms with E-state index >= 15 is 0 Å². The summed E-state index contributed by atoms with van der Waals surface area (Å²) in [6.45, 7) is 10.6. The minimum Gasteiger partial charge on any atom is -0.325 e. The van der Waals surface area contributed by atoms with E-state index < -0.39 is 9.84 Å². The number of amides is 1. The number of sulfone groups is 1. The smallest absolute Gasteiger partial charge is 0.238 e. The molecule has 0 fully saturated rings. The van der Waals surface area contributed by atoms with E-state index in [4.69, 9.17) is 0 Å². The molecular weight excluding hydrogens is 396 g/mol. The van der Waals surface area contributed by atoms with Crippen LogP contribution in [0.1, 0.15) is 50.4 Å². The number of aryl methyl sites for hydroxylation is 1. The molecule has 2 aromatic rings. The van der Waals surface area contributed by atoms with Gasteiger partial charge in [0.1, 0.15) is 0 Å². The van der Waals surface area contributed by atoms with Crippen molar-refractivity contribution in [3.63, 3.8) is 0 Å². The lowest BCUT2D eigenvalue weighted by atomic mass is 9.93. The molecular formula is C24H34N2O3S. The van der Waals surface area contributed by atoms with E-state index in [9.17, 15) is 13.2 Å². The van der Waals surface area contributed by atoms with Crippen LogP contribution in [0.4, 0.5) is 5.69 Å². The van der Waals surface area contributed by atoms with Gasteiger partial charge >= 0.3 is 0 Å². The van der Waals surface area contributed by atoms with E-state index in [1.807, 2.05) is 6.92 Å². The van der Waals surface area contributed by atoms with Gasteiger partial charge in [-0.3, -0.25) is 4.79 Å². The molecule has 2 rings (SSSR count). The van der Waals surface area contributed by atoms with Crippen molar-refractivity contribution in [2.45, 2.75) is 52.0 Å². The van der Waals surface area contributed by atoms with Gasteiger partial charge in [-0.05, 0) is 54.0 Å². The second-order valence-corrected chi connectivity index (χ2v) is 10.8. The molecule has 0 heterocycles. The molecule has 0 aliphatic rings.